The van der Waals surface area contributed by atoms with E-state index in [4.69, 9.17) is 9.47 Å². The van der Waals surface area contributed by atoms with Crippen molar-refractivity contribution in [3.63, 3.8) is 0 Å². The smallest absolute Gasteiger partial charge is 0.339 e. The summed E-state index contributed by atoms with van der Waals surface area (Å²) < 4.78 is 24.0. The minimum absolute atomic E-state index is 0.288. The first-order chi connectivity index (χ1) is 12.9. The van der Waals surface area contributed by atoms with Crippen LogP contribution in [0.3, 0.4) is 0 Å². The summed E-state index contributed by atoms with van der Waals surface area (Å²) in [4.78, 5) is 26.5. The number of nitrogens with zero attached hydrogens (tertiary/aromatic N) is 1. The quantitative estimate of drug-likeness (QED) is 0.729. The van der Waals surface area contributed by atoms with Crippen LogP contribution in [-0.4, -0.2) is 44.6 Å². The number of carbonyl (C=O) groups excluding carboxylic acids is 2. The maximum atomic E-state index is 13.4. The van der Waals surface area contributed by atoms with Gasteiger partial charge in [0.25, 0.3) is 0 Å². The Bertz CT molecular complexity index is 863. The molecule has 1 aliphatic rings. The Morgan fingerprint density at radius 2 is 1.89 bits per heavy atom. The zero-order valence-electron chi connectivity index (χ0n) is 15.6. The molecule has 0 N–H and O–H groups in total. The third-order valence-corrected chi connectivity index (χ3v) is 4.81. The molecule has 1 unspecified atom stereocenters. The van der Waals surface area contributed by atoms with Gasteiger partial charge in [-0.15, -0.1) is 0 Å². The van der Waals surface area contributed by atoms with Gasteiger partial charge in [0.2, 0.25) is 0 Å². The molecule has 1 atom stereocenters. The molecule has 2 aromatic rings. The molecule has 0 bridgehead atoms. The highest BCUT2D eigenvalue weighted by atomic mass is 19.1. The number of ether oxygens (including phenoxy) is 2. The number of carbonyl (C=O) groups is 2. The first-order valence-corrected chi connectivity index (χ1v) is 8.74. The van der Waals surface area contributed by atoms with Crippen molar-refractivity contribution in [1.29, 1.82) is 0 Å². The highest BCUT2D eigenvalue weighted by Crippen LogP contribution is 2.45. The summed E-state index contributed by atoms with van der Waals surface area (Å²) >= 11 is 0. The van der Waals surface area contributed by atoms with E-state index in [1.165, 1.54) is 25.3 Å². The van der Waals surface area contributed by atoms with Crippen LogP contribution in [-0.2, 0) is 15.1 Å². The van der Waals surface area contributed by atoms with Crippen molar-refractivity contribution in [2.45, 2.75) is 18.4 Å². The van der Waals surface area contributed by atoms with Crippen molar-refractivity contribution in [2.75, 3.05) is 27.7 Å². The number of hydrogen-bond donors (Lipinski definition) is 0. The molecule has 0 fully saturated rings. The highest BCUT2D eigenvalue weighted by Gasteiger charge is 2.46. The number of fused-ring (bicyclic) bond motifs is 1. The second-order valence-corrected chi connectivity index (χ2v) is 6.88. The molecule has 6 heteroatoms. The Morgan fingerprint density at radius 3 is 2.52 bits per heavy atom. The molecule has 0 saturated carbocycles. The van der Waals surface area contributed by atoms with Gasteiger partial charge in [-0.2, -0.15) is 0 Å². The molecule has 5 nitrogen and oxygen atoms in total. The van der Waals surface area contributed by atoms with Crippen LogP contribution in [0.4, 0.5) is 4.39 Å². The van der Waals surface area contributed by atoms with Gasteiger partial charge in [-0.3, -0.25) is 0 Å². The van der Waals surface area contributed by atoms with Gasteiger partial charge in [0.15, 0.2) is 5.60 Å². The Hall–Kier alpha value is -2.73. The molecule has 27 heavy (non-hydrogen) atoms. The average Bonchev–Trinajstić information content (AvgIpc) is 2.94. The minimum atomic E-state index is -0.995. The molecule has 3 rings (SSSR count). The SMILES string of the molecule is COC(=O)c1ccc2c(c1)C(=O)OC2(CCCN(C)C)c1ccc(F)cc1. The van der Waals surface area contributed by atoms with Crippen molar-refractivity contribution in [1.82, 2.24) is 4.90 Å². The predicted octanol–water partition coefficient (Wildman–Crippen LogP) is 3.37. The van der Waals surface area contributed by atoms with E-state index in [9.17, 15) is 14.0 Å². The van der Waals surface area contributed by atoms with E-state index < -0.39 is 17.5 Å². The number of benzene rings is 2. The van der Waals surface area contributed by atoms with E-state index >= 15 is 0 Å². The fourth-order valence-corrected chi connectivity index (χ4v) is 3.49. The van der Waals surface area contributed by atoms with Crippen molar-refractivity contribution in [3.05, 3.63) is 70.5 Å². The number of cyclic esters (lactones) is 1. The first-order valence-electron chi connectivity index (χ1n) is 8.74. The van der Waals surface area contributed by atoms with Crippen LogP contribution in [0.1, 0.15) is 44.7 Å². The second-order valence-electron chi connectivity index (χ2n) is 6.88. The van der Waals surface area contributed by atoms with Gasteiger partial charge in [-0.1, -0.05) is 18.2 Å². The van der Waals surface area contributed by atoms with Crippen LogP contribution in [0.5, 0.6) is 0 Å². The lowest BCUT2D eigenvalue weighted by Gasteiger charge is -2.30. The molecule has 0 spiro atoms. The molecule has 0 saturated heterocycles. The largest absolute Gasteiger partial charge is 0.465 e. The van der Waals surface area contributed by atoms with Crippen molar-refractivity contribution >= 4 is 11.9 Å². The van der Waals surface area contributed by atoms with Crippen LogP contribution in [0, 0.1) is 5.82 Å². The Kier molecular flexibility index (Phi) is 5.28. The van der Waals surface area contributed by atoms with E-state index in [1.807, 2.05) is 14.1 Å². The normalized spacial score (nSPS) is 18.3. The maximum absolute atomic E-state index is 13.4. The summed E-state index contributed by atoms with van der Waals surface area (Å²) in [6.07, 6.45) is 1.32. The van der Waals surface area contributed by atoms with Crippen molar-refractivity contribution < 1.29 is 23.5 Å². The number of rotatable bonds is 6. The molecule has 2 aromatic carbocycles. The third kappa shape index (κ3) is 3.57. The topological polar surface area (TPSA) is 55.8 Å². The molecule has 0 radical (unpaired) electrons. The molecule has 0 amide bonds. The van der Waals surface area contributed by atoms with Gasteiger partial charge < -0.3 is 14.4 Å². The first kappa shape index (κ1) is 19.0. The second kappa shape index (κ2) is 7.48. The van der Waals surface area contributed by atoms with Crippen molar-refractivity contribution in [2.24, 2.45) is 0 Å². The van der Waals surface area contributed by atoms with Crippen LogP contribution in [0.25, 0.3) is 0 Å². The fourth-order valence-electron chi connectivity index (χ4n) is 3.49. The van der Waals surface area contributed by atoms with E-state index in [2.05, 4.69) is 4.90 Å². The molecule has 142 valence electrons. The summed E-state index contributed by atoms with van der Waals surface area (Å²) in [5.41, 5.74) is 1.03. The monoisotopic (exact) mass is 371 g/mol. The summed E-state index contributed by atoms with van der Waals surface area (Å²) in [7, 11) is 5.24. The van der Waals surface area contributed by atoms with Crippen LogP contribution < -0.4 is 0 Å². The van der Waals surface area contributed by atoms with Gasteiger partial charge in [-0.05, 0) is 57.7 Å². The van der Waals surface area contributed by atoms with E-state index in [1.54, 1.807) is 24.3 Å². The lowest BCUT2D eigenvalue weighted by atomic mass is 9.81. The summed E-state index contributed by atoms with van der Waals surface area (Å²) in [6, 6.07) is 10.8. The van der Waals surface area contributed by atoms with E-state index in [0.717, 1.165) is 13.0 Å². The average molecular weight is 371 g/mol. The molecule has 1 heterocycles. The van der Waals surface area contributed by atoms with E-state index in [-0.39, 0.29) is 11.4 Å². The third-order valence-electron chi connectivity index (χ3n) is 4.81. The Morgan fingerprint density at radius 1 is 1.19 bits per heavy atom. The Balaban J connectivity index is 2.08. The van der Waals surface area contributed by atoms with Gasteiger partial charge in [0.1, 0.15) is 5.82 Å². The van der Waals surface area contributed by atoms with Gasteiger partial charge in [0.05, 0.1) is 18.2 Å². The number of methoxy groups -OCH3 is 1. The van der Waals surface area contributed by atoms with E-state index in [0.29, 0.717) is 23.1 Å². The van der Waals surface area contributed by atoms with Gasteiger partial charge in [0, 0.05) is 11.1 Å². The van der Waals surface area contributed by atoms with Crippen LogP contribution in [0.15, 0.2) is 42.5 Å². The van der Waals surface area contributed by atoms with Gasteiger partial charge in [-0.25, -0.2) is 14.0 Å². The predicted molar refractivity (Wildman–Crippen MR) is 98.2 cm³/mol. The number of halogens is 1. The summed E-state index contributed by atoms with van der Waals surface area (Å²) in [6.45, 7) is 0.816. The lowest BCUT2D eigenvalue weighted by Crippen LogP contribution is -2.29. The molecule has 0 aliphatic carbocycles. The number of esters is 2. The van der Waals surface area contributed by atoms with Gasteiger partial charge >= 0.3 is 11.9 Å². The minimum Gasteiger partial charge on any atom is -0.465 e. The zero-order chi connectivity index (χ0) is 19.6. The molecule has 0 aromatic heterocycles. The molecular formula is C21H22FNO4. The summed E-state index contributed by atoms with van der Waals surface area (Å²) in [5, 5.41) is 0. The van der Waals surface area contributed by atoms with Crippen LogP contribution >= 0.6 is 0 Å². The molecule has 1 aliphatic heterocycles. The molecular weight excluding hydrogens is 349 g/mol. The fraction of sp³-hybridized carbons (Fsp3) is 0.333. The lowest BCUT2D eigenvalue weighted by molar-refractivity contribution is 0.00581. The maximum Gasteiger partial charge on any atom is 0.339 e. The van der Waals surface area contributed by atoms with Crippen molar-refractivity contribution in [3.8, 4) is 0 Å². The Labute approximate surface area is 157 Å². The number of hydrogen-bond acceptors (Lipinski definition) is 5. The zero-order valence-corrected chi connectivity index (χ0v) is 15.6. The highest BCUT2D eigenvalue weighted by molar-refractivity contribution is 5.99. The van der Waals surface area contributed by atoms with Crippen LogP contribution in [0.2, 0.25) is 0 Å². The standard InChI is InChI=1S/C21H22FNO4/c1-23(2)12-4-11-21(15-6-8-16(22)9-7-15)18-10-5-14(19(24)26-3)13-17(18)20(25)27-21/h5-10,13H,4,11-12H2,1-3H3. The summed E-state index contributed by atoms with van der Waals surface area (Å²) in [5.74, 6) is -1.37.